The summed E-state index contributed by atoms with van der Waals surface area (Å²) in [6.07, 6.45) is 1.72. The number of halogens is 3. The summed E-state index contributed by atoms with van der Waals surface area (Å²) in [7, 11) is -4.87. The number of piperidine rings is 1. The van der Waals surface area contributed by atoms with Crippen LogP contribution in [0.5, 0.6) is 0 Å². The minimum atomic E-state index is -4.87. The fourth-order valence-electron chi connectivity index (χ4n) is 7.39. The molecule has 4 heterocycles. The summed E-state index contributed by atoms with van der Waals surface area (Å²) in [6.45, 7) is 7.99. The number of nitrogens with one attached hydrogen (secondary N) is 5. The van der Waals surface area contributed by atoms with Crippen molar-refractivity contribution in [3.05, 3.63) is 100 Å². The zero-order valence-corrected chi connectivity index (χ0v) is 40.4. The number of hydrogen-bond acceptors (Lipinski definition) is 16. The molecule has 0 aliphatic carbocycles. The van der Waals surface area contributed by atoms with Crippen molar-refractivity contribution in [1.29, 1.82) is 0 Å². The Balaban J connectivity index is 0.794. The predicted octanol–water partition coefficient (Wildman–Crippen LogP) is 5.26. The molecule has 0 spiro atoms. The van der Waals surface area contributed by atoms with Crippen LogP contribution < -0.4 is 26.0 Å². The van der Waals surface area contributed by atoms with Crippen molar-refractivity contribution >= 4 is 68.2 Å². The number of imide groups is 2. The van der Waals surface area contributed by atoms with Crippen molar-refractivity contribution in [2.24, 2.45) is 0 Å². The first-order valence-corrected chi connectivity index (χ1v) is 24.7. The van der Waals surface area contributed by atoms with Gasteiger partial charge in [-0.3, -0.25) is 38.9 Å². The van der Waals surface area contributed by atoms with Crippen molar-refractivity contribution < 1.29 is 59.8 Å². The molecule has 0 radical (unpaired) electrons. The fourth-order valence-corrected chi connectivity index (χ4v) is 9.70. The van der Waals surface area contributed by atoms with Crippen molar-refractivity contribution in [2.75, 3.05) is 74.6 Å². The number of fused-ring (bicyclic) bond motifs is 1. The lowest BCUT2D eigenvalue weighted by molar-refractivity contribution is -0.136. The number of sulfonamides is 1. The molecule has 1 atom stereocenters. The number of amides is 5. The molecule has 19 nitrogen and oxygen atoms in total. The van der Waals surface area contributed by atoms with Gasteiger partial charge in [0.25, 0.3) is 21.8 Å². The lowest BCUT2D eigenvalue weighted by atomic mass is 9.98. The molecular formula is C47H50F3N9O10S2. The van der Waals surface area contributed by atoms with Crippen LogP contribution in [0.15, 0.2) is 71.8 Å². The van der Waals surface area contributed by atoms with Gasteiger partial charge in [-0.2, -0.15) is 0 Å². The number of nitrogens with zero attached hydrogens (tertiary/aromatic N) is 4. The van der Waals surface area contributed by atoms with Crippen LogP contribution >= 0.6 is 11.3 Å². The van der Waals surface area contributed by atoms with Gasteiger partial charge >= 0.3 is 0 Å². The molecule has 24 heteroatoms. The number of carbonyl (C=O) groups excluding carboxylic acids is 5. The number of carbonyl (C=O) groups is 5. The highest BCUT2D eigenvalue weighted by Crippen LogP contribution is 2.42. The average molecular weight is 1020 g/mol. The number of ether oxygens (including phenoxy) is 3. The molecule has 5 amide bonds. The Labute approximate surface area is 410 Å². The fraction of sp³-hybridized carbons (Fsp3) is 0.362. The standard InChI is InChI=1S/C47H50F3N9O10S2/c1-47(2,3)45-57-39(28-8-5-12-32(38(28)50)58-71(65,66)41-29(48)9-6-10-30(41)49)40(70-45)33-15-17-53-46(55-33)54-20-24-68-23-19-52-35(60)16-21-67-25-26-69-22-18-51-31-11-4-7-27-37(31)44(64)59(43(27)63)34-13-14-36(61)56-42(34)62/h4-12,15,17,34,51,58H,13-14,16,18-26H2,1-3H3,(H,52,60)(H,53,54,55)(H,56,61,62). The number of thiazole rings is 1. The zero-order chi connectivity index (χ0) is 50.9. The minimum absolute atomic E-state index is 0.0275. The highest BCUT2D eigenvalue weighted by atomic mass is 32.2. The Kier molecular flexibility index (Phi) is 16.8. The summed E-state index contributed by atoms with van der Waals surface area (Å²) in [6, 6.07) is 11.9. The number of benzene rings is 3. The molecule has 2 aliphatic heterocycles. The van der Waals surface area contributed by atoms with Crippen molar-refractivity contribution in [3.63, 3.8) is 0 Å². The largest absolute Gasteiger partial charge is 0.382 e. The number of anilines is 3. The lowest BCUT2D eigenvalue weighted by Crippen LogP contribution is -2.54. The van der Waals surface area contributed by atoms with E-state index in [9.17, 15) is 41.2 Å². The molecule has 0 saturated carbocycles. The summed E-state index contributed by atoms with van der Waals surface area (Å²) >= 11 is 1.27. The minimum Gasteiger partial charge on any atom is -0.382 e. The van der Waals surface area contributed by atoms with Gasteiger partial charge in [-0.25, -0.2) is 36.5 Å². The third-order valence-electron chi connectivity index (χ3n) is 10.8. The predicted molar refractivity (Wildman–Crippen MR) is 255 cm³/mol. The molecule has 1 unspecified atom stereocenters. The van der Waals surface area contributed by atoms with E-state index in [-0.39, 0.29) is 99.7 Å². The van der Waals surface area contributed by atoms with Crippen LogP contribution in [-0.4, -0.2) is 123 Å². The first-order chi connectivity index (χ1) is 33.9. The summed E-state index contributed by atoms with van der Waals surface area (Å²) in [4.78, 5) is 76.3. The number of rotatable bonds is 23. The van der Waals surface area contributed by atoms with Crippen LogP contribution in [0.3, 0.4) is 0 Å². The third kappa shape index (κ3) is 12.5. The molecule has 2 aliphatic rings. The van der Waals surface area contributed by atoms with Crippen LogP contribution in [0.4, 0.5) is 30.5 Å². The molecule has 1 saturated heterocycles. The van der Waals surface area contributed by atoms with Gasteiger partial charge in [-0.15, -0.1) is 11.3 Å². The Hall–Kier alpha value is -6.86. The first-order valence-electron chi connectivity index (χ1n) is 22.4. The maximum Gasteiger partial charge on any atom is 0.267 e. The Bertz CT molecular complexity index is 2910. The van der Waals surface area contributed by atoms with Crippen LogP contribution in [0.25, 0.3) is 21.8 Å². The second-order valence-corrected chi connectivity index (χ2v) is 19.6. The van der Waals surface area contributed by atoms with Gasteiger partial charge < -0.3 is 30.2 Å². The normalized spacial score (nSPS) is 14.9. The molecule has 0 bridgehead atoms. The van der Waals surface area contributed by atoms with Crippen molar-refractivity contribution in [2.45, 2.75) is 56.4 Å². The summed E-state index contributed by atoms with van der Waals surface area (Å²) < 4.78 is 89.8. The maximum atomic E-state index is 16.2. The van der Waals surface area contributed by atoms with Crippen LogP contribution in [0, 0.1) is 17.5 Å². The molecular weight excluding hydrogens is 972 g/mol. The van der Waals surface area contributed by atoms with Gasteiger partial charge in [-0.05, 0) is 48.9 Å². The molecule has 376 valence electrons. The molecule has 7 rings (SSSR count). The molecule has 5 N–H and O–H groups in total. The maximum absolute atomic E-state index is 16.2. The van der Waals surface area contributed by atoms with Crippen LogP contribution in [0.1, 0.15) is 65.8 Å². The molecule has 2 aromatic heterocycles. The van der Waals surface area contributed by atoms with E-state index in [4.69, 9.17) is 19.2 Å². The van der Waals surface area contributed by atoms with E-state index in [1.807, 2.05) is 25.5 Å². The monoisotopic (exact) mass is 1020 g/mol. The average Bonchev–Trinajstić information content (AvgIpc) is 3.88. The highest BCUT2D eigenvalue weighted by molar-refractivity contribution is 7.92. The quantitative estimate of drug-likeness (QED) is 0.0414. The van der Waals surface area contributed by atoms with Crippen molar-refractivity contribution in [3.8, 4) is 21.8 Å². The Morgan fingerprint density at radius 1 is 0.803 bits per heavy atom. The number of aromatic nitrogens is 3. The molecule has 3 aromatic carbocycles. The number of hydrogen-bond donors (Lipinski definition) is 5. The second kappa shape index (κ2) is 22.9. The van der Waals surface area contributed by atoms with Crippen LogP contribution in [0.2, 0.25) is 0 Å². The van der Waals surface area contributed by atoms with Gasteiger partial charge in [0.15, 0.2) is 10.7 Å². The van der Waals surface area contributed by atoms with Gasteiger partial charge in [0, 0.05) is 55.3 Å². The molecule has 5 aromatic rings. The topological polar surface area (TPSA) is 249 Å². The van der Waals surface area contributed by atoms with Crippen LogP contribution in [-0.2, 0) is 44.0 Å². The lowest BCUT2D eigenvalue weighted by Gasteiger charge is -2.27. The Morgan fingerprint density at radius 2 is 1.45 bits per heavy atom. The van der Waals surface area contributed by atoms with E-state index in [0.717, 1.165) is 29.2 Å². The summed E-state index contributed by atoms with van der Waals surface area (Å²) in [5.74, 6) is -6.01. The second-order valence-electron chi connectivity index (χ2n) is 17.0. The van der Waals surface area contributed by atoms with E-state index >= 15 is 4.39 Å². The molecule has 1 fully saturated rings. The SMILES string of the molecule is CC(C)(C)c1nc(-c2cccc(NS(=O)(=O)c3c(F)cccc3F)c2F)c(-c2ccnc(NCCOCCNC(=O)CCOCCOCCNc3cccc4c3C(=O)N(C3CCC(=O)NC3=O)C4=O)n2)s1. The van der Waals surface area contributed by atoms with Gasteiger partial charge in [0.2, 0.25) is 23.7 Å². The Morgan fingerprint density at radius 3 is 2.17 bits per heavy atom. The molecule has 71 heavy (non-hydrogen) atoms. The van der Waals surface area contributed by atoms with E-state index in [0.29, 0.717) is 34.4 Å². The van der Waals surface area contributed by atoms with E-state index in [1.165, 1.54) is 35.7 Å². The summed E-state index contributed by atoms with van der Waals surface area (Å²) in [5, 5.41) is 11.7. The van der Waals surface area contributed by atoms with E-state index < -0.39 is 73.1 Å². The third-order valence-corrected chi connectivity index (χ3v) is 13.7. The van der Waals surface area contributed by atoms with Gasteiger partial charge in [-0.1, -0.05) is 39.0 Å². The first kappa shape index (κ1) is 52.0. The zero-order valence-electron chi connectivity index (χ0n) is 38.7. The van der Waals surface area contributed by atoms with Crippen molar-refractivity contribution in [1.82, 2.24) is 30.5 Å². The smallest absolute Gasteiger partial charge is 0.267 e. The highest BCUT2D eigenvalue weighted by Gasteiger charge is 2.45. The summed E-state index contributed by atoms with van der Waals surface area (Å²) in [5.41, 5.74) is 0.229. The van der Waals surface area contributed by atoms with Gasteiger partial charge in [0.1, 0.15) is 17.7 Å². The van der Waals surface area contributed by atoms with E-state index in [1.54, 1.807) is 18.2 Å². The van der Waals surface area contributed by atoms with E-state index in [2.05, 4.69) is 31.2 Å². The van der Waals surface area contributed by atoms with Gasteiger partial charge in [0.05, 0.1) is 77.7 Å².